The molecular weight excluding hydrogens is 316 g/mol. The van der Waals surface area contributed by atoms with Gasteiger partial charge in [-0.15, -0.1) is 0 Å². The summed E-state index contributed by atoms with van der Waals surface area (Å²) in [5.74, 6) is -0.114. The Morgan fingerprint density at radius 1 is 0.960 bits per heavy atom. The topological polar surface area (TPSA) is 67.4 Å². The molecule has 2 N–H and O–H groups in total. The van der Waals surface area contributed by atoms with Crippen LogP contribution in [0.1, 0.15) is 26.3 Å². The smallest absolute Gasteiger partial charge is 0.239 e. The van der Waals surface area contributed by atoms with E-state index in [-0.39, 0.29) is 11.8 Å². The van der Waals surface area contributed by atoms with Crippen molar-refractivity contribution >= 4 is 23.2 Å². The molecule has 132 valence electrons. The van der Waals surface area contributed by atoms with Crippen molar-refractivity contribution in [3.8, 4) is 5.75 Å². The predicted octanol–water partition coefficient (Wildman–Crippen LogP) is 3.86. The number of ether oxygens (including phenoxy) is 1. The molecule has 0 heterocycles. The standard InChI is InChI=1S/C20H24N2O3/c1-5-14-9-11-15(12-10-14)21-18(23)20(2,3)19(24)22-16-7-6-8-17(13-16)25-4/h6-13H,5H2,1-4H3,(H,21,23)(H,22,24). The highest BCUT2D eigenvalue weighted by Gasteiger charge is 2.36. The molecule has 0 spiro atoms. The van der Waals surface area contributed by atoms with Crippen molar-refractivity contribution in [2.45, 2.75) is 27.2 Å². The van der Waals surface area contributed by atoms with E-state index in [1.807, 2.05) is 24.3 Å². The summed E-state index contributed by atoms with van der Waals surface area (Å²) in [6.45, 7) is 5.26. The third-order valence-corrected chi connectivity index (χ3v) is 4.08. The molecule has 5 nitrogen and oxygen atoms in total. The Labute approximate surface area is 148 Å². The number of carbonyl (C=O) groups excluding carboxylic acids is 2. The Hall–Kier alpha value is -2.82. The lowest BCUT2D eigenvalue weighted by atomic mass is 9.90. The Morgan fingerprint density at radius 3 is 2.12 bits per heavy atom. The molecule has 0 saturated carbocycles. The number of hydrogen-bond acceptors (Lipinski definition) is 3. The third kappa shape index (κ3) is 4.59. The number of carbonyl (C=O) groups is 2. The van der Waals surface area contributed by atoms with Crippen LogP contribution in [-0.2, 0) is 16.0 Å². The Balaban J connectivity index is 2.06. The fourth-order valence-corrected chi connectivity index (χ4v) is 2.20. The maximum absolute atomic E-state index is 12.6. The first-order chi connectivity index (χ1) is 11.9. The fourth-order valence-electron chi connectivity index (χ4n) is 2.20. The number of methoxy groups -OCH3 is 1. The lowest BCUT2D eigenvalue weighted by Crippen LogP contribution is -2.41. The van der Waals surface area contributed by atoms with E-state index in [2.05, 4.69) is 17.6 Å². The van der Waals surface area contributed by atoms with Crippen LogP contribution in [0.15, 0.2) is 48.5 Å². The number of rotatable bonds is 6. The van der Waals surface area contributed by atoms with Crippen LogP contribution in [0.4, 0.5) is 11.4 Å². The van der Waals surface area contributed by atoms with E-state index in [4.69, 9.17) is 4.74 Å². The monoisotopic (exact) mass is 340 g/mol. The summed E-state index contributed by atoms with van der Waals surface area (Å²) >= 11 is 0. The molecule has 0 aliphatic rings. The van der Waals surface area contributed by atoms with Gasteiger partial charge in [0.1, 0.15) is 11.2 Å². The lowest BCUT2D eigenvalue weighted by Gasteiger charge is -2.23. The number of benzene rings is 2. The van der Waals surface area contributed by atoms with Gasteiger partial charge in [0.25, 0.3) is 0 Å². The summed E-state index contributed by atoms with van der Waals surface area (Å²) < 4.78 is 5.14. The van der Waals surface area contributed by atoms with Crippen LogP contribution < -0.4 is 15.4 Å². The van der Waals surface area contributed by atoms with Crippen LogP contribution in [0.5, 0.6) is 5.75 Å². The van der Waals surface area contributed by atoms with Crippen molar-refractivity contribution in [1.29, 1.82) is 0 Å². The molecule has 0 aromatic heterocycles. The molecular formula is C20H24N2O3. The van der Waals surface area contributed by atoms with Crippen molar-refractivity contribution in [2.75, 3.05) is 17.7 Å². The van der Waals surface area contributed by atoms with Gasteiger partial charge in [0, 0.05) is 17.4 Å². The maximum Gasteiger partial charge on any atom is 0.239 e. The minimum absolute atomic E-state index is 0.364. The maximum atomic E-state index is 12.6. The second kappa shape index (κ2) is 7.83. The van der Waals surface area contributed by atoms with Gasteiger partial charge in [0.05, 0.1) is 7.11 Å². The van der Waals surface area contributed by atoms with Gasteiger partial charge in [-0.25, -0.2) is 0 Å². The van der Waals surface area contributed by atoms with Crippen molar-refractivity contribution in [3.05, 3.63) is 54.1 Å². The van der Waals surface area contributed by atoms with Gasteiger partial charge in [-0.2, -0.15) is 0 Å². The second-order valence-corrected chi connectivity index (χ2v) is 6.32. The highest BCUT2D eigenvalue weighted by molar-refractivity contribution is 6.14. The van der Waals surface area contributed by atoms with Gasteiger partial charge in [-0.1, -0.05) is 25.1 Å². The van der Waals surface area contributed by atoms with E-state index >= 15 is 0 Å². The van der Waals surface area contributed by atoms with Gasteiger partial charge in [0.15, 0.2) is 0 Å². The van der Waals surface area contributed by atoms with Crippen molar-refractivity contribution in [1.82, 2.24) is 0 Å². The molecule has 0 atom stereocenters. The number of hydrogen-bond donors (Lipinski definition) is 2. The predicted molar refractivity (Wildman–Crippen MR) is 99.9 cm³/mol. The average molecular weight is 340 g/mol. The Morgan fingerprint density at radius 2 is 1.56 bits per heavy atom. The molecule has 2 aromatic rings. The first-order valence-electron chi connectivity index (χ1n) is 8.22. The third-order valence-electron chi connectivity index (χ3n) is 4.08. The minimum atomic E-state index is -1.23. The molecule has 0 radical (unpaired) electrons. The van der Waals surface area contributed by atoms with E-state index in [1.165, 1.54) is 5.56 Å². The molecule has 2 amide bonds. The zero-order chi connectivity index (χ0) is 18.4. The van der Waals surface area contributed by atoms with E-state index in [9.17, 15) is 9.59 Å². The molecule has 0 aliphatic heterocycles. The van der Waals surface area contributed by atoms with Crippen LogP contribution in [0, 0.1) is 5.41 Å². The summed E-state index contributed by atoms with van der Waals surface area (Å²) in [4.78, 5) is 25.1. The second-order valence-electron chi connectivity index (χ2n) is 6.32. The highest BCUT2D eigenvalue weighted by atomic mass is 16.5. The normalized spacial score (nSPS) is 10.9. The molecule has 2 aromatic carbocycles. The molecule has 0 bridgehead atoms. The summed E-state index contributed by atoms with van der Waals surface area (Å²) in [5, 5.41) is 5.56. The van der Waals surface area contributed by atoms with Crippen molar-refractivity contribution in [2.24, 2.45) is 5.41 Å². The van der Waals surface area contributed by atoms with E-state index in [1.54, 1.807) is 45.2 Å². The van der Waals surface area contributed by atoms with Gasteiger partial charge in [-0.3, -0.25) is 9.59 Å². The average Bonchev–Trinajstić information content (AvgIpc) is 2.62. The van der Waals surface area contributed by atoms with Crippen LogP contribution in [-0.4, -0.2) is 18.9 Å². The number of aryl methyl sites for hydroxylation is 1. The first kappa shape index (κ1) is 18.5. The molecule has 0 saturated heterocycles. The number of amides is 2. The van der Waals surface area contributed by atoms with Gasteiger partial charge in [-0.05, 0) is 50.1 Å². The SMILES string of the molecule is CCc1ccc(NC(=O)C(C)(C)C(=O)Nc2cccc(OC)c2)cc1. The van der Waals surface area contributed by atoms with Crippen LogP contribution in [0.25, 0.3) is 0 Å². The van der Waals surface area contributed by atoms with Crippen molar-refractivity contribution < 1.29 is 14.3 Å². The summed E-state index contributed by atoms with van der Waals surface area (Å²) in [6, 6.07) is 14.6. The van der Waals surface area contributed by atoms with Gasteiger partial charge < -0.3 is 15.4 Å². The number of anilines is 2. The number of nitrogens with one attached hydrogen (secondary N) is 2. The lowest BCUT2D eigenvalue weighted by molar-refractivity contribution is -0.135. The first-order valence-corrected chi connectivity index (χ1v) is 8.22. The van der Waals surface area contributed by atoms with E-state index < -0.39 is 5.41 Å². The summed E-state index contributed by atoms with van der Waals surface area (Å²) in [6.07, 6.45) is 0.933. The van der Waals surface area contributed by atoms with E-state index in [0.29, 0.717) is 17.1 Å². The molecule has 0 unspecified atom stereocenters. The zero-order valence-corrected chi connectivity index (χ0v) is 15.1. The van der Waals surface area contributed by atoms with Gasteiger partial charge >= 0.3 is 0 Å². The summed E-state index contributed by atoms with van der Waals surface area (Å²) in [5.41, 5.74) is 1.21. The fraction of sp³-hybridized carbons (Fsp3) is 0.300. The Bertz CT molecular complexity index is 752. The molecule has 0 fully saturated rings. The molecule has 5 heteroatoms. The van der Waals surface area contributed by atoms with Gasteiger partial charge in [0.2, 0.25) is 11.8 Å². The molecule has 0 aliphatic carbocycles. The van der Waals surface area contributed by atoms with Crippen LogP contribution in [0.2, 0.25) is 0 Å². The molecule has 25 heavy (non-hydrogen) atoms. The van der Waals surface area contributed by atoms with Crippen molar-refractivity contribution in [3.63, 3.8) is 0 Å². The Kier molecular flexibility index (Phi) is 5.80. The highest BCUT2D eigenvalue weighted by Crippen LogP contribution is 2.23. The largest absolute Gasteiger partial charge is 0.497 e. The quantitative estimate of drug-likeness (QED) is 0.785. The van der Waals surface area contributed by atoms with Crippen LogP contribution in [0.3, 0.4) is 0 Å². The molecule has 2 rings (SSSR count). The van der Waals surface area contributed by atoms with Crippen LogP contribution >= 0.6 is 0 Å². The summed E-state index contributed by atoms with van der Waals surface area (Å²) in [7, 11) is 1.56. The zero-order valence-electron chi connectivity index (χ0n) is 15.1. The minimum Gasteiger partial charge on any atom is -0.497 e. The van der Waals surface area contributed by atoms with E-state index in [0.717, 1.165) is 6.42 Å².